The van der Waals surface area contributed by atoms with Gasteiger partial charge in [0.1, 0.15) is 5.69 Å². The molecular weight excluding hydrogens is 368 g/mol. The summed E-state index contributed by atoms with van der Waals surface area (Å²) in [5, 5.41) is 3.89. The van der Waals surface area contributed by atoms with Crippen molar-refractivity contribution in [3.05, 3.63) is 66.1 Å². The maximum atomic E-state index is 12.5. The highest BCUT2D eigenvalue weighted by Crippen LogP contribution is 2.17. The molecule has 2 aromatic heterocycles. The predicted molar refractivity (Wildman–Crippen MR) is 98.2 cm³/mol. The Morgan fingerprint density at radius 1 is 1.11 bits per heavy atom. The Labute approximate surface area is 156 Å². The molecule has 0 aliphatic rings. The Hall–Kier alpha value is -3.04. The molecule has 9 heteroatoms. The summed E-state index contributed by atoms with van der Waals surface area (Å²) in [6.07, 6.45) is 1.63. The first kappa shape index (κ1) is 18.7. The van der Waals surface area contributed by atoms with Crippen LogP contribution in [0.25, 0.3) is 11.4 Å². The quantitative estimate of drug-likeness (QED) is 0.694. The van der Waals surface area contributed by atoms with Crippen molar-refractivity contribution in [1.29, 1.82) is 0 Å². The summed E-state index contributed by atoms with van der Waals surface area (Å²) in [6.45, 7) is -0.0754. The standard InChI is InChI=1S/C18H18N4O4S/c1-22(2)18(23)13-6-5-7-15(10-13)27(24,25)20-12-14-11-17(21-26-14)16-8-3-4-9-19-16/h3-11,20H,12H2,1-2H3. The van der Waals surface area contributed by atoms with E-state index in [9.17, 15) is 13.2 Å². The molecule has 0 fully saturated rings. The van der Waals surface area contributed by atoms with E-state index in [2.05, 4.69) is 14.9 Å². The lowest BCUT2D eigenvalue weighted by Crippen LogP contribution is -2.25. The topological polar surface area (TPSA) is 105 Å². The minimum atomic E-state index is -3.82. The van der Waals surface area contributed by atoms with Crippen LogP contribution in [0.4, 0.5) is 0 Å². The molecule has 0 spiro atoms. The van der Waals surface area contributed by atoms with Crippen LogP contribution in [-0.4, -0.2) is 43.5 Å². The Morgan fingerprint density at radius 3 is 2.63 bits per heavy atom. The van der Waals surface area contributed by atoms with E-state index >= 15 is 0 Å². The highest BCUT2D eigenvalue weighted by Gasteiger charge is 2.18. The second-order valence-electron chi connectivity index (χ2n) is 5.95. The van der Waals surface area contributed by atoms with Crippen LogP contribution < -0.4 is 4.72 Å². The lowest BCUT2D eigenvalue weighted by atomic mass is 10.2. The number of hydrogen-bond donors (Lipinski definition) is 1. The van der Waals surface area contributed by atoms with E-state index in [0.29, 0.717) is 22.7 Å². The molecule has 3 aromatic rings. The van der Waals surface area contributed by atoms with E-state index < -0.39 is 10.0 Å². The zero-order valence-electron chi connectivity index (χ0n) is 14.8. The number of pyridine rings is 1. The molecule has 1 N–H and O–H groups in total. The number of rotatable bonds is 6. The maximum absolute atomic E-state index is 12.5. The molecule has 140 valence electrons. The average Bonchev–Trinajstić information content (AvgIpc) is 3.16. The number of nitrogens with one attached hydrogen (secondary N) is 1. The van der Waals surface area contributed by atoms with Crippen LogP contribution in [0.2, 0.25) is 0 Å². The fourth-order valence-corrected chi connectivity index (χ4v) is 3.37. The molecule has 1 amide bonds. The van der Waals surface area contributed by atoms with Gasteiger partial charge in [0, 0.05) is 31.9 Å². The minimum Gasteiger partial charge on any atom is -0.359 e. The predicted octanol–water partition coefficient (Wildman–Crippen LogP) is 1.92. The summed E-state index contributed by atoms with van der Waals surface area (Å²) in [7, 11) is -0.616. The molecule has 0 radical (unpaired) electrons. The molecule has 2 heterocycles. The second kappa shape index (κ2) is 7.68. The number of sulfonamides is 1. The molecule has 0 bridgehead atoms. The van der Waals surface area contributed by atoms with Crippen molar-refractivity contribution in [2.45, 2.75) is 11.4 Å². The highest BCUT2D eigenvalue weighted by atomic mass is 32.2. The first-order valence-corrected chi connectivity index (χ1v) is 9.53. The van der Waals surface area contributed by atoms with Crippen LogP contribution >= 0.6 is 0 Å². The molecule has 0 aliphatic carbocycles. The number of amides is 1. The Morgan fingerprint density at radius 2 is 1.93 bits per heavy atom. The molecule has 3 rings (SSSR count). The van der Waals surface area contributed by atoms with Gasteiger partial charge in [-0.1, -0.05) is 17.3 Å². The van der Waals surface area contributed by atoms with Crippen LogP contribution in [-0.2, 0) is 16.6 Å². The van der Waals surface area contributed by atoms with Crippen molar-refractivity contribution < 1.29 is 17.7 Å². The molecule has 0 saturated heterocycles. The zero-order valence-corrected chi connectivity index (χ0v) is 15.6. The van der Waals surface area contributed by atoms with Gasteiger partial charge in [0.15, 0.2) is 5.76 Å². The van der Waals surface area contributed by atoms with Gasteiger partial charge in [-0.2, -0.15) is 0 Å². The molecule has 27 heavy (non-hydrogen) atoms. The summed E-state index contributed by atoms with van der Waals surface area (Å²) in [5.74, 6) is 0.0713. The lowest BCUT2D eigenvalue weighted by molar-refractivity contribution is 0.0827. The SMILES string of the molecule is CN(C)C(=O)c1cccc(S(=O)(=O)NCc2cc(-c3ccccn3)no2)c1. The van der Waals surface area contributed by atoms with Crippen molar-refractivity contribution in [2.24, 2.45) is 0 Å². The number of aromatic nitrogens is 2. The van der Waals surface area contributed by atoms with E-state index in [-0.39, 0.29) is 17.3 Å². The summed E-state index contributed by atoms with van der Waals surface area (Å²) in [6, 6.07) is 12.9. The summed E-state index contributed by atoms with van der Waals surface area (Å²) < 4.78 is 32.6. The number of carbonyl (C=O) groups is 1. The van der Waals surface area contributed by atoms with Gasteiger partial charge in [0.2, 0.25) is 10.0 Å². The van der Waals surface area contributed by atoms with Gasteiger partial charge in [-0.25, -0.2) is 13.1 Å². The van der Waals surface area contributed by atoms with Gasteiger partial charge >= 0.3 is 0 Å². The molecular formula is C18H18N4O4S. The Kier molecular flexibility index (Phi) is 5.33. The zero-order chi connectivity index (χ0) is 19.4. The smallest absolute Gasteiger partial charge is 0.253 e. The molecule has 0 atom stereocenters. The van der Waals surface area contributed by atoms with E-state index in [1.54, 1.807) is 44.6 Å². The third kappa shape index (κ3) is 4.39. The highest BCUT2D eigenvalue weighted by molar-refractivity contribution is 7.89. The molecule has 0 saturated carbocycles. The van der Waals surface area contributed by atoms with Crippen molar-refractivity contribution in [1.82, 2.24) is 19.8 Å². The monoisotopic (exact) mass is 386 g/mol. The second-order valence-corrected chi connectivity index (χ2v) is 7.71. The summed E-state index contributed by atoms with van der Waals surface area (Å²) >= 11 is 0. The van der Waals surface area contributed by atoms with Crippen LogP contribution in [0.3, 0.4) is 0 Å². The maximum Gasteiger partial charge on any atom is 0.253 e. The van der Waals surface area contributed by atoms with Crippen LogP contribution in [0.5, 0.6) is 0 Å². The molecule has 8 nitrogen and oxygen atoms in total. The average molecular weight is 386 g/mol. The third-order valence-electron chi connectivity index (χ3n) is 3.72. The minimum absolute atomic E-state index is 0.000310. The van der Waals surface area contributed by atoms with Gasteiger partial charge in [-0.3, -0.25) is 9.78 Å². The third-order valence-corrected chi connectivity index (χ3v) is 5.12. The molecule has 0 unspecified atom stereocenters. The summed E-state index contributed by atoms with van der Waals surface area (Å²) in [5.41, 5.74) is 1.44. The van der Waals surface area contributed by atoms with Gasteiger partial charge in [0.25, 0.3) is 5.91 Å². The van der Waals surface area contributed by atoms with Gasteiger partial charge in [-0.15, -0.1) is 0 Å². The summed E-state index contributed by atoms with van der Waals surface area (Å²) in [4.78, 5) is 17.6. The van der Waals surface area contributed by atoms with E-state index in [1.807, 2.05) is 6.07 Å². The van der Waals surface area contributed by atoms with Gasteiger partial charge in [0.05, 0.1) is 17.1 Å². The van der Waals surface area contributed by atoms with Crippen LogP contribution in [0, 0.1) is 0 Å². The van der Waals surface area contributed by atoms with Gasteiger partial charge in [-0.05, 0) is 30.3 Å². The number of hydrogen-bond acceptors (Lipinski definition) is 6. The molecule has 0 aliphatic heterocycles. The van der Waals surface area contributed by atoms with Gasteiger partial charge < -0.3 is 9.42 Å². The van der Waals surface area contributed by atoms with Crippen molar-refractivity contribution in [3.8, 4) is 11.4 Å². The Balaban J connectivity index is 1.73. The van der Waals surface area contributed by atoms with E-state index in [4.69, 9.17) is 4.52 Å². The fourth-order valence-electron chi connectivity index (χ4n) is 2.34. The number of nitrogens with zero attached hydrogens (tertiary/aromatic N) is 3. The Bertz CT molecular complexity index is 1050. The first-order chi connectivity index (χ1) is 12.9. The van der Waals surface area contributed by atoms with E-state index in [0.717, 1.165) is 0 Å². The van der Waals surface area contributed by atoms with Crippen LogP contribution in [0.15, 0.2) is 64.1 Å². The molecule has 1 aromatic carbocycles. The normalized spacial score (nSPS) is 11.3. The largest absolute Gasteiger partial charge is 0.359 e. The number of benzene rings is 1. The lowest BCUT2D eigenvalue weighted by Gasteiger charge is -2.11. The van der Waals surface area contributed by atoms with Crippen molar-refractivity contribution >= 4 is 15.9 Å². The van der Waals surface area contributed by atoms with Crippen molar-refractivity contribution in [3.63, 3.8) is 0 Å². The fraction of sp³-hybridized carbons (Fsp3) is 0.167. The first-order valence-electron chi connectivity index (χ1n) is 8.05. The van der Waals surface area contributed by atoms with E-state index in [1.165, 1.54) is 23.1 Å². The van der Waals surface area contributed by atoms with Crippen LogP contribution in [0.1, 0.15) is 16.1 Å². The number of carbonyl (C=O) groups excluding carboxylic acids is 1. The van der Waals surface area contributed by atoms with Crippen molar-refractivity contribution in [2.75, 3.05) is 14.1 Å².